The van der Waals surface area contributed by atoms with E-state index in [1.807, 2.05) is 25.0 Å². The van der Waals surface area contributed by atoms with E-state index >= 15 is 0 Å². The molecule has 1 aromatic rings. The highest BCUT2D eigenvalue weighted by atomic mass is 16.5. The zero-order chi connectivity index (χ0) is 12.3. The van der Waals surface area contributed by atoms with Gasteiger partial charge in [0.05, 0.1) is 24.4 Å². The minimum Gasteiger partial charge on any atom is -0.374 e. The average Bonchev–Trinajstić information content (AvgIpc) is 2.75. The molecule has 96 valence electrons. The van der Waals surface area contributed by atoms with Gasteiger partial charge < -0.3 is 10.1 Å². The summed E-state index contributed by atoms with van der Waals surface area (Å²) in [6.45, 7) is 5.91. The molecular weight excluding hydrogens is 216 g/mol. The van der Waals surface area contributed by atoms with Gasteiger partial charge in [-0.05, 0) is 19.7 Å². The molecule has 5 nitrogen and oxygen atoms in total. The molecule has 0 aromatic carbocycles. The van der Waals surface area contributed by atoms with E-state index < -0.39 is 0 Å². The number of nitrogens with zero attached hydrogens (tertiary/aromatic N) is 3. The zero-order valence-electron chi connectivity index (χ0n) is 10.9. The van der Waals surface area contributed by atoms with Crippen molar-refractivity contribution in [1.82, 2.24) is 20.0 Å². The number of rotatable bonds is 4. The number of hydrogen-bond donors (Lipinski definition) is 1. The van der Waals surface area contributed by atoms with Crippen molar-refractivity contribution in [2.24, 2.45) is 7.05 Å². The summed E-state index contributed by atoms with van der Waals surface area (Å²) in [5.74, 6) is 0. The number of nitrogens with one attached hydrogen (secondary N) is 1. The molecule has 1 aliphatic heterocycles. The van der Waals surface area contributed by atoms with Gasteiger partial charge in [0.15, 0.2) is 0 Å². The van der Waals surface area contributed by atoms with Crippen molar-refractivity contribution < 1.29 is 4.74 Å². The molecule has 1 saturated heterocycles. The normalized spacial score (nSPS) is 26.3. The van der Waals surface area contributed by atoms with E-state index in [0.29, 0.717) is 6.04 Å². The Labute approximate surface area is 103 Å². The summed E-state index contributed by atoms with van der Waals surface area (Å²) in [5.41, 5.74) is 1.23. The highest BCUT2D eigenvalue weighted by Crippen LogP contribution is 2.28. The lowest BCUT2D eigenvalue weighted by molar-refractivity contribution is -0.0710. The van der Waals surface area contributed by atoms with Crippen molar-refractivity contribution in [3.63, 3.8) is 0 Å². The van der Waals surface area contributed by atoms with Crippen LogP contribution in [0.15, 0.2) is 12.3 Å². The molecule has 0 saturated carbocycles. The van der Waals surface area contributed by atoms with Crippen molar-refractivity contribution in [1.29, 1.82) is 0 Å². The first-order chi connectivity index (χ1) is 8.27. The average molecular weight is 238 g/mol. The Bertz CT molecular complexity index is 350. The van der Waals surface area contributed by atoms with E-state index in [2.05, 4.69) is 28.3 Å². The number of aryl methyl sites for hydroxylation is 1. The van der Waals surface area contributed by atoms with E-state index in [1.54, 1.807) is 0 Å². The Hall–Kier alpha value is -0.910. The third-order valence-corrected chi connectivity index (χ3v) is 3.43. The quantitative estimate of drug-likeness (QED) is 0.824. The molecule has 0 aliphatic carbocycles. The molecule has 2 atom stereocenters. The molecule has 5 heteroatoms. The van der Waals surface area contributed by atoms with Crippen LogP contribution in [0.4, 0.5) is 0 Å². The summed E-state index contributed by atoms with van der Waals surface area (Å²) < 4.78 is 7.85. The van der Waals surface area contributed by atoms with Gasteiger partial charge in [-0.15, -0.1) is 0 Å². The topological polar surface area (TPSA) is 42.3 Å². The Morgan fingerprint density at radius 1 is 1.59 bits per heavy atom. The predicted octanol–water partition coefficient (Wildman–Crippen LogP) is 0.401. The van der Waals surface area contributed by atoms with Crippen LogP contribution in [0.2, 0.25) is 0 Å². The van der Waals surface area contributed by atoms with Crippen LogP contribution in [0.5, 0.6) is 0 Å². The highest BCUT2D eigenvalue weighted by molar-refractivity contribution is 5.10. The smallest absolute Gasteiger partial charge is 0.0911 e. The molecule has 1 aromatic heterocycles. The van der Waals surface area contributed by atoms with Gasteiger partial charge in [0.1, 0.15) is 0 Å². The maximum Gasteiger partial charge on any atom is 0.0911 e. The standard InChI is InChI=1S/C12H22N4O/c1-4-16-7-8-17-11(9-13-2)12(16)10-5-6-14-15(10)3/h5-6,11-13H,4,7-9H2,1-3H3. The van der Waals surface area contributed by atoms with Crippen LogP contribution in [0.25, 0.3) is 0 Å². The first-order valence-electron chi connectivity index (χ1n) is 6.26. The fourth-order valence-corrected chi connectivity index (χ4v) is 2.57. The van der Waals surface area contributed by atoms with Gasteiger partial charge >= 0.3 is 0 Å². The van der Waals surface area contributed by atoms with Crippen molar-refractivity contribution in [3.05, 3.63) is 18.0 Å². The van der Waals surface area contributed by atoms with Gasteiger partial charge in [-0.2, -0.15) is 5.10 Å². The van der Waals surface area contributed by atoms with E-state index in [4.69, 9.17) is 4.74 Å². The maximum absolute atomic E-state index is 5.90. The van der Waals surface area contributed by atoms with E-state index in [9.17, 15) is 0 Å². The molecule has 17 heavy (non-hydrogen) atoms. The molecule has 0 bridgehead atoms. The highest BCUT2D eigenvalue weighted by Gasteiger charge is 2.33. The minimum atomic E-state index is 0.198. The van der Waals surface area contributed by atoms with Gasteiger partial charge in [-0.25, -0.2) is 0 Å². The zero-order valence-corrected chi connectivity index (χ0v) is 10.9. The largest absolute Gasteiger partial charge is 0.374 e. The van der Waals surface area contributed by atoms with Crippen LogP contribution in [-0.2, 0) is 11.8 Å². The van der Waals surface area contributed by atoms with Crippen LogP contribution in [0, 0.1) is 0 Å². The number of morpholine rings is 1. The Morgan fingerprint density at radius 3 is 3.00 bits per heavy atom. The number of likely N-dealkylation sites (N-methyl/N-ethyl adjacent to an activating group) is 2. The fraction of sp³-hybridized carbons (Fsp3) is 0.750. The Morgan fingerprint density at radius 2 is 2.41 bits per heavy atom. The maximum atomic E-state index is 5.90. The molecule has 1 fully saturated rings. The van der Waals surface area contributed by atoms with Crippen LogP contribution < -0.4 is 5.32 Å². The second-order valence-electron chi connectivity index (χ2n) is 4.42. The van der Waals surface area contributed by atoms with Crippen molar-refractivity contribution in [2.45, 2.75) is 19.1 Å². The first kappa shape index (κ1) is 12.5. The molecule has 2 unspecified atom stereocenters. The van der Waals surface area contributed by atoms with Crippen LogP contribution >= 0.6 is 0 Å². The summed E-state index contributed by atoms with van der Waals surface area (Å²) in [5, 5.41) is 7.48. The van der Waals surface area contributed by atoms with Gasteiger partial charge in [0.2, 0.25) is 0 Å². The molecule has 1 aliphatic rings. The molecule has 0 radical (unpaired) electrons. The predicted molar refractivity (Wildman–Crippen MR) is 66.9 cm³/mol. The second-order valence-corrected chi connectivity index (χ2v) is 4.42. The molecule has 2 rings (SSSR count). The Kier molecular flexibility index (Phi) is 4.15. The van der Waals surface area contributed by atoms with Gasteiger partial charge in [0, 0.05) is 26.3 Å². The van der Waals surface area contributed by atoms with Crippen molar-refractivity contribution in [3.8, 4) is 0 Å². The van der Waals surface area contributed by atoms with Gasteiger partial charge in [0.25, 0.3) is 0 Å². The number of ether oxygens (including phenoxy) is 1. The number of hydrogen-bond acceptors (Lipinski definition) is 4. The first-order valence-corrected chi connectivity index (χ1v) is 6.26. The molecule has 2 heterocycles. The fourth-order valence-electron chi connectivity index (χ4n) is 2.57. The Balaban J connectivity index is 2.25. The molecule has 0 spiro atoms. The molecular formula is C12H22N4O. The molecule has 1 N–H and O–H groups in total. The lowest BCUT2D eigenvalue weighted by Gasteiger charge is -2.40. The lowest BCUT2D eigenvalue weighted by Crippen LogP contribution is -2.49. The number of aromatic nitrogens is 2. The molecule has 0 amide bonds. The van der Waals surface area contributed by atoms with E-state index in [1.165, 1.54) is 5.69 Å². The van der Waals surface area contributed by atoms with Crippen LogP contribution in [0.1, 0.15) is 18.7 Å². The van der Waals surface area contributed by atoms with Crippen LogP contribution in [-0.4, -0.2) is 54.1 Å². The second kappa shape index (κ2) is 5.62. The van der Waals surface area contributed by atoms with E-state index in [-0.39, 0.29) is 6.10 Å². The van der Waals surface area contributed by atoms with Gasteiger partial charge in [-0.3, -0.25) is 9.58 Å². The lowest BCUT2D eigenvalue weighted by atomic mass is 10.0. The monoisotopic (exact) mass is 238 g/mol. The summed E-state index contributed by atoms with van der Waals surface area (Å²) >= 11 is 0. The third-order valence-electron chi connectivity index (χ3n) is 3.43. The minimum absolute atomic E-state index is 0.198. The summed E-state index contributed by atoms with van der Waals surface area (Å²) in [6, 6.07) is 2.39. The third kappa shape index (κ3) is 2.51. The summed E-state index contributed by atoms with van der Waals surface area (Å²) in [4.78, 5) is 2.46. The summed E-state index contributed by atoms with van der Waals surface area (Å²) in [6.07, 6.45) is 2.05. The van der Waals surface area contributed by atoms with Crippen LogP contribution in [0.3, 0.4) is 0 Å². The van der Waals surface area contributed by atoms with Crippen molar-refractivity contribution >= 4 is 0 Å². The van der Waals surface area contributed by atoms with E-state index in [0.717, 1.165) is 26.2 Å². The van der Waals surface area contributed by atoms with Crippen molar-refractivity contribution in [2.75, 3.05) is 33.3 Å². The SMILES string of the molecule is CCN1CCOC(CNC)C1c1ccnn1C. The summed E-state index contributed by atoms with van der Waals surface area (Å²) in [7, 11) is 3.96. The van der Waals surface area contributed by atoms with Gasteiger partial charge in [-0.1, -0.05) is 6.92 Å².